The highest BCUT2D eigenvalue weighted by Gasteiger charge is 2.54. The van der Waals surface area contributed by atoms with Gasteiger partial charge in [-0.3, -0.25) is 0 Å². The lowest BCUT2D eigenvalue weighted by molar-refractivity contribution is 0.0693. The number of benzene rings is 1. The third-order valence-electron chi connectivity index (χ3n) is 3.45. The van der Waals surface area contributed by atoms with Gasteiger partial charge < -0.3 is 14.8 Å². The van der Waals surface area contributed by atoms with Crippen molar-refractivity contribution in [3.8, 4) is 5.75 Å². The van der Waals surface area contributed by atoms with Crippen LogP contribution in [-0.2, 0) is 0 Å². The van der Waals surface area contributed by atoms with Crippen molar-refractivity contribution in [3.05, 3.63) is 28.8 Å². The molecule has 0 spiro atoms. The average Bonchev–Trinajstić information content (AvgIpc) is 2.96. The first-order chi connectivity index (χ1) is 7.59. The molecule has 0 aromatic heterocycles. The molecule has 1 fully saturated rings. The van der Waals surface area contributed by atoms with Crippen LogP contribution in [0.2, 0.25) is 5.82 Å². The van der Waals surface area contributed by atoms with Crippen LogP contribution in [0.1, 0.15) is 33.8 Å². The molecule has 82 valence electrons. The molecule has 4 nitrogen and oxygen atoms in total. The van der Waals surface area contributed by atoms with Gasteiger partial charge in [0.2, 0.25) is 0 Å². The molecule has 1 aliphatic heterocycles. The van der Waals surface area contributed by atoms with Crippen LogP contribution in [0.3, 0.4) is 0 Å². The van der Waals surface area contributed by atoms with Gasteiger partial charge in [-0.1, -0.05) is 12.1 Å². The second-order valence-corrected chi connectivity index (χ2v) is 4.50. The van der Waals surface area contributed by atoms with Crippen molar-refractivity contribution in [1.82, 2.24) is 0 Å². The topological polar surface area (TPSA) is 66.8 Å². The molecular weight excluding hydrogens is 207 g/mol. The molecule has 1 aromatic carbocycles. The first-order valence-corrected chi connectivity index (χ1v) is 5.31. The van der Waals surface area contributed by atoms with Crippen LogP contribution in [0.4, 0.5) is 0 Å². The lowest BCUT2D eigenvalue weighted by atomic mass is 9.77. The van der Waals surface area contributed by atoms with Gasteiger partial charge in [0.1, 0.15) is 11.3 Å². The van der Waals surface area contributed by atoms with Gasteiger partial charge in [-0.2, -0.15) is 0 Å². The standard InChI is InChI=1S/C11H11BO4/c1-5-2-3-6-7-4-8(7)12(15)16-10(6)9(5)11(13)14/h2-3,7-8,15H,4H2,1H3,(H,13,14)/t7-,8-/m1/s1. The molecule has 0 amide bonds. The van der Waals surface area contributed by atoms with E-state index >= 15 is 0 Å². The van der Waals surface area contributed by atoms with Crippen molar-refractivity contribution in [2.45, 2.75) is 25.1 Å². The zero-order valence-electron chi connectivity index (χ0n) is 8.80. The first kappa shape index (κ1) is 9.72. The molecule has 0 bridgehead atoms. The van der Waals surface area contributed by atoms with Gasteiger partial charge in [-0.25, -0.2) is 4.79 Å². The van der Waals surface area contributed by atoms with E-state index in [4.69, 9.17) is 9.76 Å². The van der Waals surface area contributed by atoms with E-state index in [9.17, 15) is 9.82 Å². The van der Waals surface area contributed by atoms with Gasteiger partial charge in [0, 0.05) is 5.82 Å². The number of fused-ring (bicyclic) bond motifs is 3. The van der Waals surface area contributed by atoms with Crippen LogP contribution < -0.4 is 4.65 Å². The van der Waals surface area contributed by atoms with E-state index in [1.165, 1.54) is 0 Å². The highest BCUT2D eigenvalue weighted by atomic mass is 16.5. The monoisotopic (exact) mass is 218 g/mol. The van der Waals surface area contributed by atoms with Crippen LogP contribution in [0.25, 0.3) is 0 Å². The van der Waals surface area contributed by atoms with Crippen molar-refractivity contribution in [2.75, 3.05) is 0 Å². The van der Waals surface area contributed by atoms with Crippen molar-refractivity contribution in [2.24, 2.45) is 0 Å². The molecule has 0 saturated heterocycles. The lowest BCUT2D eigenvalue weighted by Crippen LogP contribution is -2.27. The summed E-state index contributed by atoms with van der Waals surface area (Å²) in [6.45, 7) is 1.73. The third kappa shape index (κ3) is 1.18. The fraction of sp³-hybridized carbons (Fsp3) is 0.364. The number of hydrogen-bond acceptors (Lipinski definition) is 3. The predicted octanol–water partition coefficient (Wildman–Crippen LogP) is 1.42. The second-order valence-electron chi connectivity index (χ2n) is 4.50. The molecule has 2 aliphatic rings. The summed E-state index contributed by atoms with van der Waals surface area (Å²) in [7, 11) is -0.850. The van der Waals surface area contributed by atoms with E-state index in [0.717, 1.165) is 12.0 Å². The number of carboxylic acids is 1. The molecule has 1 saturated carbocycles. The normalized spacial score (nSPS) is 25.5. The Balaban J connectivity index is 2.19. The number of aromatic carboxylic acids is 1. The Labute approximate surface area is 93.0 Å². The largest absolute Gasteiger partial charge is 0.535 e. The Morgan fingerprint density at radius 1 is 1.56 bits per heavy atom. The minimum atomic E-state index is -0.999. The van der Waals surface area contributed by atoms with E-state index in [-0.39, 0.29) is 17.3 Å². The van der Waals surface area contributed by atoms with Gasteiger partial charge in [0.25, 0.3) is 0 Å². The molecule has 16 heavy (non-hydrogen) atoms. The average molecular weight is 218 g/mol. The van der Waals surface area contributed by atoms with Gasteiger partial charge in [-0.05, 0) is 30.4 Å². The summed E-state index contributed by atoms with van der Waals surface area (Å²) >= 11 is 0. The van der Waals surface area contributed by atoms with Gasteiger partial charge in [0.15, 0.2) is 0 Å². The number of carboxylic acid groups (broad SMARTS) is 1. The quantitative estimate of drug-likeness (QED) is 0.699. The Bertz CT molecular complexity index is 485. The predicted molar refractivity (Wildman–Crippen MR) is 57.8 cm³/mol. The maximum atomic E-state index is 11.2. The second kappa shape index (κ2) is 3.01. The molecule has 2 atom stereocenters. The van der Waals surface area contributed by atoms with E-state index in [1.807, 2.05) is 6.07 Å². The molecule has 3 rings (SSSR count). The summed E-state index contributed by atoms with van der Waals surface area (Å²) in [6.07, 6.45) is 0.885. The van der Waals surface area contributed by atoms with Gasteiger partial charge in [-0.15, -0.1) is 0 Å². The van der Waals surface area contributed by atoms with Crippen LogP contribution in [0.5, 0.6) is 5.75 Å². The van der Waals surface area contributed by atoms with E-state index < -0.39 is 13.1 Å². The summed E-state index contributed by atoms with van der Waals surface area (Å²) in [6, 6.07) is 3.71. The Hall–Kier alpha value is -1.49. The number of carbonyl (C=O) groups is 1. The van der Waals surface area contributed by atoms with Crippen molar-refractivity contribution in [3.63, 3.8) is 0 Å². The van der Waals surface area contributed by atoms with Gasteiger partial charge in [0.05, 0.1) is 0 Å². The van der Waals surface area contributed by atoms with E-state index in [2.05, 4.69) is 0 Å². The van der Waals surface area contributed by atoms with Gasteiger partial charge >= 0.3 is 13.1 Å². The van der Waals surface area contributed by atoms with Crippen molar-refractivity contribution < 1.29 is 19.6 Å². The van der Waals surface area contributed by atoms with Crippen LogP contribution in [-0.4, -0.2) is 23.2 Å². The molecule has 1 heterocycles. The lowest BCUT2D eigenvalue weighted by Gasteiger charge is -2.21. The highest BCUT2D eigenvalue weighted by Crippen LogP contribution is 2.60. The first-order valence-electron chi connectivity index (χ1n) is 5.31. The fourth-order valence-electron chi connectivity index (χ4n) is 2.48. The molecule has 5 heteroatoms. The maximum absolute atomic E-state index is 11.2. The number of hydrogen-bond donors (Lipinski definition) is 2. The Morgan fingerprint density at radius 3 is 3.00 bits per heavy atom. The molecule has 0 radical (unpaired) electrons. The summed E-state index contributed by atoms with van der Waals surface area (Å²) in [5.41, 5.74) is 1.78. The van der Waals surface area contributed by atoms with Crippen LogP contribution >= 0.6 is 0 Å². The van der Waals surface area contributed by atoms with Crippen molar-refractivity contribution >= 4 is 13.1 Å². The minimum absolute atomic E-state index is 0.150. The SMILES string of the molecule is Cc1ccc2c(c1C(=O)O)OB(O)[C@@H]1C[C@H]21. The molecule has 0 unspecified atom stereocenters. The zero-order valence-corrected chi connectivity index (χ0v) is 8.80. The third-order valence-corrected chi connectivity index (χ3v) is 3.45. The molecular formula is C11H11BO4. The summed E-state index contributed by atoms with van der Waals surface area (Å²) < 4.78 is 5.33. The van der Waals surface area contributed by atoms with Crippen LogP contribution in [0.15, 0.2) is 12.1 Å². The summed E-state index contributed by atoms with van der Waals surface area (Å²) in [4.78, 5) is 11.2. The highest BCUT2D eigenvalue weighted by molar-refractivity contribution is 6.48. The number of rotatable bonds is 1. The smallest absolute Gasteiger partial charge is 0.526 e. The minimum Gasteiger partial charge on any atom is -0.535 e. The molecule has 1 aliphatic carbocycles. The number of aryl methyl sites for hydroxylation is 1. The Kier molecular flexibility index (Phi) is 1.83. The summed E-state index contributed by atoms with van der Waals surface area (Å²) in [5.74, 6) is -0.214. The zero-order chi connectivity index (χ0) is 11.4. The fourth-order valence-corrected chi connectivity index (χ4v) is 2.48. The van der Waals surface area contributed by atoms with Crippen molar-refractivity contribution in [1.29, 1.82) is 0 Å². The molecule has 2 N–H and O–H groups in total. The van der Waals surface area contributed by atoms with E-state index in [1.54, 1.807) is 13.0 Å². The molecule has 1 aromatic rings. The Morgan fingerprint density at radius 2 is 2.31 bits per heavy atom. The van der Waals surface area contributed by atoms with Crippen LogP contribution in [0, 0.1) is 6.92 Å². The maximum Gasteiger partial charge on any atom is 0.526 e. The van der Waals surface area contributed by atoms with E-state index in [0.29, 0.717) is 11.3 Å². The summed E-state index contributed by atoms with van der Waals surface area (Å²) in [5, 5.41) is 18.8.